The maximum absolute atomic E-state index is 13.1. The molecular formula is C28H44N4O6. The Morgan fingerprint density at radius 2 is 1.05 bits per heavy atom. The summed E-state index contributed by atoms with van der Waals surface area (Å²) in [5.41, 5.74) is 5.72. The molecule has 0 radical (unpaired) electrons. The van der Waals surface area contributed by atoms with Crippen molar-refractivity contribution in [1.29, 1.82) is 0 Å². The number of hydrazine groups is 2. The van der Waals surface area contributed by atoms with Crippen molar-refractivity contribution in [2.24, 2.45) is 10.8 Å². The molecule has 0 unspecified atom stereocenters. The molecule has 0 aromatic rings. The second-order valence-electron chi connectivity index (χ2n) is 11.6. The highest BCUT2D eigenvalue weighted by atomic mass is 16.5. The highest BCUT2D eigenvalue weighted by Crippen LogP contribution is 2.40. The van der Waals surface area contributed by atoms with Crippen LogP contribution in [0.2, 0.25) is 0 Å². The highest BCUT2D eigenvalue weighted by Gasteiger charge is 2.36. The second-order valence-corrected chi connectivity index (χ2v) is 11.6. The van der Waals surface area contributed by atoms with Crippen molar-refractivity contribution in [1.82, 2.24) is 20.9 Å². The normalized spacial score (nSPS) is 20.1. The number of carbonyl (C=O) groups is 4. The van der Waals surface area contributed by atoms with Crippen molar-refractivity contribution in [3.8, 4) is 0 Å². The molecule has 0 atom stereocenters. The van der Waals surface area contributed by atoms with Crippen LogP contribution < -0.4 is 10.9 Å². The van der Waals surface area contributed by atoms with E-state index >= 15 is 0 Å². The number of nitrogens with zero attached hydrogens (tertiary/aromatic N) is 2. The molecule has 3 aliphatic rings. The molecule has 0 aromatic carbocycles. The summed E-state index contributed by atoms with van der Waals surface area (Å²) in [6, 6.07) is 0. The number of ketones is 2. The second kappa shape index (κ2) is 13.6. The average Bonchev–Trinajstić information content (AvgIpc) is 2.86. The zero-order valence-electron chi connectivity index (χ0n) is 23.4. The van der Waals surface area contributed by atoms with Crippen molar-refractivity contribution in [2.45, 2.75) is 66.2 Å². The van der Waals surface area contributed by atoms with Crippen LogP contribution in [0.1, 0.15) is 66.2 Å². The van der Waals surface area contributed by atoms with Gasteiger partial charge in [0.25, 0.3) is 0 Å². The smallest absolute Gasteiger partial charge is 0.234 e. The van der Waals surface area contributed by atoms with Crippen LogP contribution in [0.5, 0.6) is 0 Å². The quantitative estimate of drug-likeness (QED) is 0.367. The summed E-state index contributed by atoms with van der Waals surface area (Å²) in [6.45, 7) is 12.9. The van der Waals surface area contributed by atoms with Gasteiger partial charge in [-0.3, -0.25) is 30.0 Å². The van der Waals surface area contributed by atoms with Crippen LogP contribution in [0, 0.1) is 10.8 Å². The Bertz CT molecular complexity index is 867. The lowest BCUT2D eigenvalue weighted by molar-refractivity contribution is -0.129. The van der Waals surface area contributed by atoms with E-state index in [1.165, 1.54) is 12.2 Å². The number of carbonyl (C=O) groups excluding carboxylic acids is 4. The van der Waals surface area contributed by atoms with Gasteiger partial charge in [0.2, 0.25) is 11.8 Å². The largest absolute Gasteiger partial charge is 0.379 e. The molecule has 2 amide bonds. The van der Waals surface area contributed by atoms with Crippen molar-refractivity contribution in [3.05, 3.63) is 23.3 Å². The number of hydrogen-bond donors (Lipinski definition) is 2. The third kappa shape index (κ3) is 8.83. The zero-order chi connectivity index (χ0) is 27.8. The van der Waals surface area contributed by atoms with Gasteiger partial charge in [-0.1, -0.05) is 27.7 Å². The van der Waals surface area contributed by atoms with Gasteiger partial charge in [-0.05, 0) is 48.7 Å². The van der Waals surface area contributed by atoms with Gasteiger partial charge in [0, 0.05) is 50.2 Å². The fraction of sp³-hybridized carbons (Fsp3) is 0.714. The first kappa shape index (κ1) is 30.1. The molecule has 2 N–H and O–H groups in total. The molecule has 0 aromatic heterocycles. The van der Waals surface area contributed by atoms with Gasteiger partial charge in [0.1, 0.15) is 0 Å². The molecule has 0 spiro atoms. The summed E-state index contributed by atoms with van der Waals surface area (Å²) in [6.07, 6.45) is 6.11. The maximum Gasteiger partial charge on any atom is 0.234 e. The number of nitrogens with one attached hydrogen (secondary N) is 2. The van der Waals surface area contributed by atoms with Gasteiger partial charge in [0.05, 0.1) is 26.4 Å². The predicted molar refractivity (Wildman–Crippen MR) is 143 cm³/mol. The van der Waals surface area contributed by atoms with Crippen LogP contribution in [0.3, 0.4) is 0 Å². The van der Waals surface area contributed by atoms with Gasteiger partial charge >= 0.3 is 0 Å². The first-order valence-corrected chi connectivity index (χ1v) is 13.8. The van der Waals surface area contributed by atoms with Crippen LogP contribution in [0.4, 0.5) is 0 Å². The summed E-state index contributed by atoms with van der Waals surface area (Å²) in [5.74, 6) is -0.406. The van der Waals surface area contributed by atoms with Gasteiger partial charge in [-0.25, -0.2) is 10.0 Å². The summed E-state index contributed by atoms with van der Waals surface area (Å²) >= 11 is 0. The van der Waals surface area contributed by atoms with E-state index in [4.69, 9.17) is 9.47 Å². The SMILES string of the molecule is CC(C)(CCCC(=O)NN1CCOCC1)C1=CC(=O)C(C(C)(C)CCCC(=O)NN2CCOCC2)=CC1=O. The Hall–Kier alpha value is -2.40. The summed E-state index contributed by atoms with van der Waals surface area (Å²) < 4.78 is 10.6. The van der Waals surface area contributed by atoms with E-state index in [0.717, 1.165) is 0 Å². The number of allylic oxidation sites excluding steroid dienone is 4. The lowest BCUT2D eigenvalue weighted by atomic mass is 9.70. The van der Waals surface area contributed by atoms with Crippen LogP contribution in [0.25, 0.3) is 0 Å². The standard InChI is InChI=1S/C28H44N4O6/c1-27(2,9-5-7-25(35)29-31-11-15-37-16-12-31)21-19-24(34)22(20-23(21)33)28(3,4)10-6-8-26(36)30-32-13-17-38-18-14-32/h19-20H,5-18H2,1-4H3,(H,29,35)(H,30,36). The van der Waals surface area contributed by atoms with Crippen molar-refractivity contribution < 1.29 is 28.7 Å². The van der Waals surface area contributed by atoms with E-state index in [2.05, 4.69) is 10.9 Å². The van der Waals surface area contributed by atoms with Gasteiger partial charge < -0.3 is 9.47 Å². The van der Waals surface area contributed by atoms with Crippen molar-refractivity contribution in [2.75, 3.05) is 52.6 Å². The topological polar surface area (TPSA) is 117 Å². The molecule has 0 bridgehead atoms. The van der Waals surface area contributed by atoms with Crippen LogP contribution in [-0.4, -0.2) is 86.0 Å². The fourth-order valence-electron chi connectivity index (χ4n) is 5.08. The Balaban J connectivity index is 1.47. The molecule has 1 aliphatic carbocycles. The summed E-state index contributed by atoms with van der Waals surface area (Å²) in [4.78, 5) is 50.9. The predicted octanol–water partition coefficient (Wildman–Crippen LogP) is 2.11. The van der Waals surface area contributed by atoms with E-state index in [1.807, 2.05) is 37.7 Å². The molecule has 3 rings (SSSR count). The molecule has 2 heterocycles. The monoisotopic (exact) mass is 532 g/mol. The number of ether oxygens (including phenoxy) is 2. The van der Waals surface area contributed by atoms with E-state index in [0.29, 0.717) is 102 Å². The lowest BCUT2D eigenvalue weighted by Crippen LogP contribution is -2.48. The molecule has 38 heavy (non-hydrogen) atoms. The molecule has 2 fully saturated rings. The minimum atomic E-state index is -0.532. The minimum absolute atomic E-state index is 0.0507. The highest BCUT2D eigenvalue weighted by molar-refractivity contribution is 6.20. The molecule has 212 valence electrons. The first-order valence-electron chi connectivity index (χ1n) is 13.8. The van der Waals surface area contributed by atoms with E-state index in [9.17, 15) is 19.2 Å². The molecule has 2 saturated heterocycles. The van der Waals surface area contributed by atoms with Crippen molar-refractivity contribution >= 4 is 23.4 Å². The third-order valence-corrected chi connectivity index (χ3v) is 7.54. The van der Waals surface area contributed by atoms with Crippen LogP contribution in [-0.2, 0) is 28.7 Å². The Labute approximate surface area is 226 Å². The molecule has 10 nitrogen and oxygen atoms in total. The van der Waals surface area contributed by atoms with Crippen LogP contribution in [0.15, 0.2) is 23.3 Å². The summed E-state index contributed by atoms with van der Waals surface area (Å²) in [5, 5.41) is 3.74. The van der Waals surface area contributed by atoms with E-state index in [-0.39, 0.29) is 23.4 Å². The third-order valence-electron chi connectivity index (χ3n) is 7.54. The molecular weight excluding hydrogens is 488 g/mol. The van der Waals surface area contributed by atoms with E-state index in [1.54, 1.807) is 0 Å². The number of hydrogen-bond acceptors (Lipinski definition) is 8. The zero-order valence-corrected chi connectivity index (χ0v) is 23.4. The molecule has 10 heteroatoms. The summed E-state index contributed by atoms with van der Waals surface area (Å²) in [7, 11) is 0. The van der Waals surface area contributed by atoms with Gasteiger partial charge in [-0.2, -0.15) is 0 Å². The molecule has 0 saturated carbocycles. The van der Waals surface area contributed by atoms with Crippen molar-refractivity contribution in [3.63, 3.8) is 0 Å². The van der Waals surface area contributed by atoms with Gasteiger partial charge in [0.15, 0.2) is 11.6 Å². The average molecular weight is 533 g/mol. The number of morpholine rings is 2. The Morgan fingerprint density at radius 1 is 0.711 bits per heavy atom. The van der Waals surface area contributed by atoms with Gasteiger partial charge in [-0.15, -0.1) is 0 Å². The lowest BCUT2D eigenvalue weighted by Gasteiger charge is -2.32. The Kier molecular flexibility index (Phi) is 10.8. The van der Waals surface area contributed by atoms with Crippen LogP contribution >= 0.6 is 0 Å². The Morgan fingerprint density at radius 3 is 1.39 bits per heavy atom. The maximum atomic E-state index is 13.1. The number of amides is 2. The first-order chi connectivity index (χ1) is 18.0. The number of rotatable bonds is 12. The minimum Gasteiger partial charge on any atom is -0.379 e. The fourth-order valence-corrected chi connectivity index (χ4v) is 5.08. The molecule has 2 aliphatic heterocycles. The van der Waals surface area contributed by atoms with E-state index < -0.39 is 10.8 Å².